The third-order valence-corrected chi connectivity index (χ3v) is 2.02. The lowest BCUT2D eigenvalue weighted by atomic mass is 10.3. The highest BCUT2D eigenvalue weighted by atomic mass is 127. The molecular weight excluding hydrogens is 264 g/mol. The molecule has 0 saturated heterocycles. The van der Waals surface area contributed by atoms with Crippen LogP contribution in [0.1, 0.15) is 0 Å². The molecule has 0 aromatic heterocycles. The highest BCUT2D eigenvalue weighted by Gasteiger charge is 2.11. The number of rotatable bonds is 1. The lowest BCUT2D eigenvalue weighted by Gasteiger charge is -1.93. The molecule has 0 atom stereocenters. The lowest BCUT2D eigenvalue weighted by molar-refractivity contribution is -0.386. The van der Waals surface area contributed by atoms with Gasteiger partial charge in [0, 0.05) is 0 Å². The minimum absolute atomic E-state index is 0.189. The first-order chi connectivity index (χ1) is 5.11. The van der Waals surface area contributed by atoms with Gasteiger partial charge in [0.05, 0.1) is 14.6 Å². The molecule has 0 saturated carbocycles. The van der Waals surface area contributed by atoms with E-state index in [-0.39, 0.29) is 5.69 Å². The van der Waals surface area contributed by atoms with E-state index in [0.29, 0.717) is 3.57 Å². The lowest BCUT2D eigenvalue weighted by Crippen LogP contribution is -1.91. The number of nitrogens with zero attached hydrogens (tertiary/aromatic N) is 1. The topological polar surface area (TPSA) is 43.1 Å². The van der Waals surface area contributed by atoms with Gasteiger partial charge in [-0.1, -0.05) is 0 Å². The number of hydrogen-bond acceptors (Lipinski definition) is 2. The van der Waals surface area contributed by atoms with E-state index in [9.17, 15) is 14.5 Å². The SMILES string of the molecule is O=[N+]([O-])c1cc(F)ccc1I. The summed E-state index contributed by atoms with van der Waals surface area (Å²) in [6.45, 7) is 0. The predicted octanol–water partition coefficient (Wildman–Crippen LogP) is 2.34. The molecule has 1 aromatic carbocycles. The fraction of sp³-hybridized carbons (Fsp3) is 0. The molecule has 0 aliphatic rings. The van der Waals surface area contributed by atoms with E-state index < -0.39 is 10.7 Å². The average molecular weight is 267 g/mol. The van der Waals surface area contributed by atoms with Crippen LogP contribution in [0.5, 0.6) is 0 Å². The number of nitro groups is 1. The first kappa shape index (κ1) is 8.38. The molecule has 0 bridgehead atoms. The minimum atomic E-state index is -0.606. The number of hydrogen-bond donors (Lipinski definition) is 0. The summed E-state index contributed by atoms with van der Waals surface area (Å²) in [5, 5.41) is 10.2. The van der Waals surface area contributed by atoms with Crippen LogP contribution in [-0.2, 0) is 0 Å². The molecule has 0 N–H and O–H groups in total. The van der Waals surface area contributed by atoms with Crippen molar-refractivity contribution in [2.75, 3.05) is 0 Å². The first-order valence-corrected chi connectivity index (χ1v) is 3.78. The van der Waals surface area contributed by atoms with Gasteiger partial charge < -0.3 is 0 Å². The molecule has 0 aliphatic heterocycles. The first-order valence-electron chi connectivity index (χ1n) is 2.70. The highest BCUT2D eigenvalue weighted by molar-refractivity contribution is 14.1. The Bertz CT molecular complexity index is 303. The van der Waals surface area contributed by atoms with Crippen molar-refractivity contribution in [3.63, 3.8) is 0 Å². The van der Waals surface area contributed by atoms with Crippen LogP contribution in [0, 0.1) is 19.5 Å². The van der Waals surface area contributed by atoms with Crippen LogP contribution >= 0.6 is 22.6 Å². The van der Waals surface area contributed by atoms with Gasteiger partial charge >= 0.3 is 0 Å². The summed E-state index contributed by atoms with van der Waals surface area (Å²) in [5.41, 5.74) is -0.189. The van der Waals surface area contributed by atoms with E-state index in [1.165, 1.54) is 12.1 Å². The zero-order valence-corrected chi connectivity index (χ0v) is 7.41. The van der Waals surface area contributed by atoms with E-state index in [0.717, 1.165) is 6.07 Å². The largest absolute Gasteiger partial charge is 0.285 e. The van der Waals surface area contributed by atoms with Gasteiger partial charge in [-0.05, 0) is 34.7 Å². The molecule has 0 amide bonds. The number of halogens is 2. The molecule has 3 nitrogen and oxygen atoms in total. The molecule has 0 heterocycles. The van der Waals surface area contributed by atoms with Gasteiger partial charge in [0.25, 0.3) is 5.69 Å². The fourth-order valence-electron chi connectivity index (χ4n) is 0.626. The molecule has 11 heavy (non-hydrogen) atoms. The van der Waals surface area contributed by atoms with E-state index in [4.69, 9.17) is 0 Å². The normalized spacial score (nSPS) is 9.64. The van der Waals surface area contributed by atoms with Crippen LogP contribution in [0.4, 0.5) is 10.1 Å². The van der Waals surface area contributed by atoms with Crippen molar-refractivity contribution in [2.24, 2.45) is 0 Å². The van der Waals surface area contributed by atoms with E-state index in [1.807, 2.05) is 0 Å². The van der Waals surface area contributed by atoms with E-state index in [2.05, 4.69) is 0 Å². The Balaban J connectivity index is 3.23. The molecule has 0 fully saturated rings. The summed E-state index contributed by atoms with van der Waals surface area (Å²) in [5.74, 6) is -0.586. The van der Waals surface area contributed by atoms with Gasteiger partial charge in [-0.3, -0.25) is 10.1 Å². The van der Waals surface area contributed by atoms with Gasteiger partial charge in [0.1, 0.15) is 5.82 Å². The average Bonchev–Trinajstić information content (AvgIpc) is 1.94. The second kappa shape index (κ2) is 3.12. The molecule has 0 radical (unpaired) electrons. The summed E-state index contributed by atoms with van der Waals surface area (Å²) in [6, 6.07) is 3.46. The van der Waals surface area contributed by atoms with E-state index in [1.54, 1.807) is 22.6 Å². The summed E-state index contributed by atoms with van der Waals surface area (Å²) in [7, 11) is 0. The summed E-state index contributed by atoms with van der Waals surface area (Å²) in [4.78, 5) is 9.60. The third-order valence-electron chi connectivity index (χ3n) is 1.10. The molecule has 0 aliphatic carbocycles. The molecule has 1 aromatic rings. The van der Waals surface area contributed by atoms with Crippen LogP contribution in [0.2, 0.25) is 0 Å². The number of nitro benzene ring substituents is 1. The summed E-state index contributed by atoms with van der Waals surface area (Å²) < 4.78 is 12.8. The smallest absolute Gasteiger partial charge is 0.258 e. The Labute approximate surface area is 75.5 Å². The second-order valence-electron chi connectivity index (χ2n) is 1.85. The minimum Gasteiger partial charge on any atom is -0.258 e. The fourth-order valence-corrected chi connectivity index (χ4v) is 1.16. The van der Waals surface area contributed by atoms with Gasteiger partial charge in [-0.25, -0.2) is 4.39 Å². The van der Waals surface area contributed by atoms with Crippen molar-refractivity contribution in [1.82, 2.24) is 0 Å². The maximum atomic E-state index is 12.4. The molecule has 0 spiro atoms. The Morgan fingerprint density at radius 3 is 2.64 bits per heavy atom. The molecule has 5 heteroatoms. The Morgan fingerprint density at radius 2 is 2.18 bits per heavy atom. The van der Waals surface area contributed by atoms with Crippen molar-refractivity contribution in [3.8, 4) is 0 Å². The standard InChI is InChI=1S/C6H3FINO2/c7-4-1-2-5(8)6(3-4)9(10)11/h1-3H. The van der Waals surface area contributed by atoms with Crippen molar-refractivity contribution in [3.05, 3.63) is 37.7 Å². The van der Waals surface area contributed by atoms with Crippen LogP contribution in [-0.4, -0.2) is 4.92 Å². The Morgan fingerprint density at radius 1 is 1.55 bits per heavy atom. The second-order valence-corrected chi connectivity index (χ2v) is 3.02. The highest BCUT2D eigenvalue weighted by Crippen LogP contribution is 2.20. The third kappa shape index (κ3) is 1.86. The van der Waals surface area contributed by atoms with Crippen molar-refractivity contribution in [1.29, 1.82) is 0 Å². The molecule has 0 unspecified atom stereocenters. The molecular formula is C6H3FINO2. The van der Waals surface area contributed by atoms with Gasteiger partial charge in [0.15, 0.2) is 0 Å². The van der Waals surface area contributed by atoms with Gasteiger partial charge in [-0.2, -0.15) is 0 Å². The maximum Gasteiger partial charge on any atom is 0.285 e. The van der Waals surface area contributed by atoms with Gasteiger partial charge in [0.2, 0.25) is 0 Å². The molecule has 1 rings (SSSR count). The van der Waals surface area contributed by atoms with Crippen molar-refractivity contribution in [2.45, 2.75) is 0 Å². The van der Waals surface area contributed by atoms with Crippen LogP contribution in [0.15, 0.2) is 18.2 Å². The van der Waals surface area contributed by atoms with Crippen LogP contribution in [0.25, 0.3) is 0 Å². The van der Waals surface area contributed by atoms with Crippen molar-refractivity contribution >= 4 is 28.3 Å². The Kier molecular flexibility index (Phi) is 2.38. The summed E-state index contributed by atoms with van der Waals surface area (Å²) in [6.07, 6.45) is 0. The van der Waals surface area contributed by atoms with Crippen LogP contribution in [0.3, 0.4) is 0 Å². The summed E-state index contributed by atoms with van der Waals surface area (Å²) >= 11 is 1.78. The zero-order chi connectivity index (χ0) is 8.43. The zero-order valence-electron chi connectivity index (χ0n) is 5.25. The van der Waals surface area contributed by atoms with Crippen LogP contribution < -0.4 is 0 Å². The Hall–Kier alpha value is -0.720. The monoisotopic (exact) mass is 267 g/mol. The number of benzene rings is 1. The van der Waals surface area contributed by atoms with Gasteiger partial charge in [-0.15, -0.1) is 0 Å². The quantitative estimate of drug-likeness (QED) is 0.445. The molecule has 58 valence electrons. The predicted molar refractivity (Wildman–Crippen MR) is 45.8 cm³/mol. The van der Waals surface area contributed by atoms with E-state index >= 15 is 0 Å². The maximum absolute atomic E-state index is 12.4. The van der Waals surface area contributed by atoms with Crippen molar-refractivity contribution < 1.29 is 9.31 Å².